The van der Waals surface area contributed by atoms with Crippen LogP contribution in [-0.2, 0) is 10.0 Å². The SMILES string of the molecule is COc1cc(S(=O)(=O)N2CC(CNC(=O)c3ccc(C(=O)O)cc3)Oc3ccc(C=C(C)c4c(F)cccc4Cl)cc32)ccc1F. The number of anilines is 1. The van der Waals surface area contributed by atoms with Crippen LogP contribution in [0.4, 0.5) is 14.5 Å². The standard InChI is InChI=1S/C33H27ClF2N2O7S/c1-19(31-25(34)4-3-5-27(31)36)14-20-6-13-29-28(15-20)38(46(42,43)24-11-12-26(35)30(16-24)44-2)18-23(45-29)17-37-32(39)21-7-9-22(10-8-21)33(40)41/h3-16,23H,17-18H2,1-2H3,(H,37,39)(H,40,41). The number of carboxylic acids is 1. The molecule has 0 aliphatic carbocycles. The van der Waals surface area contributed by atoms with Gasteiger partial charge in [-0.2, -0.15) is 0 Å². The summed E-state index contributed by atoms with van der Waals surface area (Å²) >= 11 is 6.24. The lowest BCUT2D eigenvalue weighted by molar-refractivity contribution is 0.0696. The summed E-state index contributed by atoms with van der Waals surface area (Å²) in [5.74, 6) is -2.98. The van der Waals surface area contributed by atoms with Crippen molar-refractivity contribution < 1.29 is 41.4 Å². The fraction of sp³-hybridized carbons (Fsp3) is 0.152. The predicted molar refractivity (Wildman–Crippen MR) is 169 cm³/mol. The van der Waals surface area contributed by atoms with Crippen LogP contribution in [0.5, 0.6) is 11.5 Å². The van der Waals surface area contributed by atoms with Crippen LogP contribution in [0, 0.1) is 11.6 Å². The van der Waals surface area contributed by atoms with Crippen molar-refractivity contribution in [1.29, 1.82) is 0 Å². The second-order valence-electron chi connectivity index (χ2n) is 10.3. The number of sulfonamides is 1. The Morgan fingerprint density at radius 2 is 1.76 bits per heavy atom. The number of carbonyl (C=O) groups is 2. The van der Waals surface area contributed by atoms with Crippen LogP contribution in [0.3, 0.4) is 0 Å². The number of benzene rings is 4. The Balaban J connectivity index is 1.49. The molecule has 1 atom stereocenters. The number of nitrogens with zero attached hydrogens (tertiary/aromatic N) is 1. The lowest BCUT2D eigenvalue weighted by atomic mass is 10.0. The molecular formula is C33H27ClF2N2O7S. The van der Waals surface area contributed by atoms with Crippen LogP contribution < -0.4 is 19.1 Å². The number of carboxylic acid groups (broad SMARTS) is 1. The summed E-state index contributed by atoms with van der Waals surface area (Å²) in [7, 11) is -3.12. The van der Waals surface area contributed by atoms with Crippen molar-refractivity contribution in [3.63, 3.8) is 0 Å². The minimum absolute atomic E-state index is 0.0171. The molecule has 0 aromatic heterocycles. The average molecular weight is 669 g/mol. The van der Waals surface area contributed by atoms with Gasteiger partial charge in [0.2, 0.25) is 0 Å². The number of allylic oxidation sites excluding steroid dienone is 1. The van der Waals surface area contributed by atoms with Gasteiger partial charge in [0.25, 0.3) is 15.9 Å². The van der Waals surface area contributed by atoms with Crippen LogP contribution in [0.1, 0.15) is 38.8 Å². The van der Waals surface area contributed by atoms with Crippen LogP contribution in [0.2, 0.25) is 5.02 Å². The number of carbonyl (C=O) groups excluding carboxylic acids is 1. The van der Waals surface area contributed by atoms with E-state index in [1.807, 2.05) is 0 Å². The maximum absolute atomic E-state index is 14.6. The van der Waals surface area contributed by atoms with Crippen molar-refractivity contribution in [3.05, 3.63) is 118 Å². The molecule has 46 heavy (non-hydrogen) atoms. The van der Waals surface area contributed by atoms with E-state index in [0.717, 1.165) is 22.5 Å². The van der Waals surface area contributed by atoms with E-state index in [-0.39, 0.29) is 56.9 Å². The number of hydrogen-bond donors (Lipinski definition) is 2. The minimum Gasteiger partial charge on any atom is -0.494 e. The first kappa shape index (κ1) is 32.5. The summed E-state index contributed by atoms with van der Waals surface area (Å²) in [6.07, 6.45) is 0.797. The molecule has 1 amide bonds. The molecule has 5 rings (SSSR count). The topological polar surface area (TPSA) is 122 Å². The van der Waals surface area contributed by atoms with Crippen molar-refractivity contribution in [2.75, 3.05) is 24.5 Å². The van der Waals surface area contributed by atoms with Gasteiger partial charge in [-0.3, -0.25) is 9.10 Å². The fourth-order valence-electron chi connectivity index (χ4n) is 4.95. The minimum atomic E-state index is -4.34. The van der Waals surface area contributed by atoms with Gasteiger partial charge in [-0.15, -0.1) is 0 Å². The first-order valence-electron chi connectivity index (χ1n) is 13.8. The Labute approximate surface area is 268 Å². The summed E-state index contributed by atoms with van der Waals surface area (Å²) in [5.41, 5.74) is 1.60. The van der Waals surface area contributed by atoms with E-state index in [1.165, 1.54) is 43.5 Å². The van der Waals surface area contributed by atoms with Gasteiger partial charge in [-0.05, 0) is 78.7 Å². The third-order valence-corrected chi connectivity index (χ3v) is 9.34. The fourth-order valence-corrected chi connectivity index (χ4v) is 6.78. The largest absolute Gasteiger partial charge is 0.494 e. The highest BCUT2D eigenvalue weighted by atomic mass is 35.5. The first-order valence-corrected chi connectivity index (χ1v) is 15.6. The maximum Gasteiger partial charge on any atom is 0.335 e. The molecule has 0 bridgehead atoms. The molecule has 0 spiro atoms. The van der Waals surface area contributed by atoms with Crippen molar-refractivity contribution in [3.8, 4) is 11.5 Å². The van der Waals surface area contributed by atoms with Gasteiger partial charge in [0, 0.05) is 17.2 Å². The second-order valence-corrected chi connectivity index (χ2v) is 12.6. The molecule has 238 valence electrons. The normalized spacial score (nSPS) is 14.7. The first-order chi connectivity index (χ1) is 21.9. The molecule has 0 saturated carbocycles. The summed E-state index contributed by atoms with van der Waals surface area (Å²) in [4.78, 5) is 23.7. The molecule has 0 radical (unpaired) electrons. The monoisotopic (exact) mass is 668 g/mol. The molecule has 1 aliphatic rings. The zero-order valence-electron chi connectivity index (χ0n) is 24.5. The molecule has 1 aliphatic heterocycles. The summed E-state index contributed by atoms with van der Waals surface area (Å²) in [6.45, 7) is 1.33. The molecule has 4 aromatic rings. The Bertz CT molecular complexity index is 1950. The molecule has 1 heterocycles. The number of nitrogens with one attached hydrogen (secondary N) is 1. The molecule has 4 aromatic carbocycles. The molecule has 0 saturated heterocycles. The molecule has 9 nitrogen and oxygen atoms in total. The van der Waals surface area contributed by atoms with Crippen molar-refractivity contribution in [2.24, 2.45) is 0 Å². The predicted octanol–water partition coefficient (Wildman–Crippen LogP) is 6.27. The third-order valence-electron chi connectivity index (χ3n) is 7.25. The highest BCUT2D eigenvalue weighted by Crippen LogP contribution is 2.39. The third kappa shape index (κ3) is 6.68. The highest BCUT2D eigenvalue weighted by Gasteiger charge is 2.35. The van der Waals surface area contributed by atoms with E-state index in [4.69, 9.17) is 26.2 Å². The van der Waals surface area contributed by atoms with Crippen LogP contribution in [0.15, 0.2) is 83.8 Å². The van der Waals surface area contributed by atoms with Crippen molar-refractivity contribution >= 4 is 50.8 Å². The number of methoxy groups -OCH3 is 1. The summed E-state index contributed by atoms with van der Waals surface area (Å²) in [5, 5.41) is 12.0. The number of ether oxygens (including phenoxy) is 2. The van der Waals surface area contributed by atoms with E-state index in [0.29, 0.717) is 11.1 Å². The zero-order chi connectivity index (χ0) is 33.2. The lowest BCUT2D eigenvalue weighted by Crippen LogP contribution is -2.48. The van der Waals surface area contributed by atoms with Gasteiger partial charge in [0.15, 0.2) is 11.6 Å². The van der Waals surface area contributed by atoms with E-state index in [2.05, 4.69) is 5.32 Å². The summed E-state index contributed by atoms with van der Waals surface area (Å²) < 4.78 is 69.0. The van der Waals surface area contributed by atoms with Gasteiger partial charge in [-0.25, -0.2) is 22.0 Å². The van der Waals surface area contributed by atoms with E-state index in [1.54, 1.807) is 37.3 Å². The molecule has 2 N–H and O–H groups in total. The van der Waals surface area contributed by atoms with Gasteiger partial charge in [-0.1, -0.05) is 29.8 Å². The zero-order valence-corrected chi connectivity index (χ0v) is 26.0. The highest BCUT2D eigenvalue weighted by molar-refractivity contribution is 7.92. The Hall–Kier alpha value is -4.94. The number of halogens is 3. The Morgan fingerprint density at radius 1 is 1.04 bits per heavy atom. The molecule has 0 fully saturated rings. The van der Waals surface area contributed by atoms with E-state index in [9.17, 15) is 26.8 Å². The van der Waals surface area contributed by atoms with E-state index >= 15 is 0 Å². The van der Waals surface area contributed by atoms with Crippen molar-refractivity contribution in [1.82, 2.24) is 5.32 Å². The van der Waals surface area contributed by atoms with Crippen LogP contribution in [-0.4, -0.2) is 51.7 Å². The Morgan fingerprint density at radius 3 is 2.43 bits per heavy atom. The van der Waals surface area contributed by atoms with Gasteiger partial charge < -0.3 is 19.9 Å². The number of aromatic carboxylic acids is 1. The van der Waals surface area contributed by atoms with E-state index < -0.39 is 39.6 Å². The Kier molecular flexibility index (Phi) is 9.31. The molecule has 13 heteroatoms. The van der Waals surface area contributed by atoms with Crippen LogP contribution in [0.25, 0.3) is 11.6 Å². The number of rotatable bonds is 9. The van der Waals surface area contributed by atoms with Crippen molar-refractivity contribution in [2.45, 2.75) is 17.9 Å². The maximum atomic E-state index is 14.6. The van der Waals surface area contributed by atoms with Gasteiger partial charge in [0.05, 0.1) is 41.4 Å². The molecule has 1 unspecified atom stereocenters. The number of hydrogen-bond acceptors (Lipinski definition) is 6. The summed E-state index contributed by atoms with van der Waals surface area (Å²) in [6, 6.07) is 17.6. The van der Waals surface area contributed by atoms with Crippen LogP contribution >= 0.6 is 11.6 Å². The number of fused-ring (bicyclic) bond motifs is 1. The second kappa shape index (κ2) is 13.2. The van der Waals surface area contributed by atoms with Gasteiger partial charge in [0.1, 0.15) is 17.7 Å². The smallest absolute Gasteiger partial charge is 0.335 e. The average Bonchev–Trinajstić information content (AvgIpc) is 3.03. The lowest BCUT2D eigenvalue weighted by Gasteiger charge is -2.36. The quantitative estimate of drug-likeness (QED) is 0.202. The van der Waals surface area contributed by atoms with Gasteiger partial charge >= 0.3 is 5.97 Å². The molecular weight excluding hydrogens is 642 g/mol. The number of amides is 1.